The Hall–Kier alpha value is -1.49. The Kier molecular flexibility index (Phi) is 6.17. The van der Waals surface area contributed by atoms with Crippen molar-refractivity contribution in [1.29, 1.82) is 0 Å². The summed E-state index contributed by atoms with van der Waals surface area (Å²) in [5, 5.41) is 7.86. The van der Waals surface area contributed by atoms with Gasteiger partial charge in [0.25, 0.3) is 0 Å². The van der Waals surface area contributed by atoms with Crippen LogP contribution < -0.4 is 10.7 Å². The molecule has 0 aliphatic rings. The van der Waals surface area contributed by atoms with Crippen LogP contribution in [0.3, 0.4) is 0 Å². The highest BCUT2D eigenvalue weighted by molar-refractivity contribution is 7.80. The maximum atomic E-state index is 5.09. The van der Waals surface area contributed by atoms with Gasteiger partial charge in [0.15, 0.2) is 5.11 Å². The summed E-state index contributed by atoms with van der Waals surface area (Å²) in [7, 11) is 0. The van der Waals surface area contributed by atoms with Gasteiger partial charge in [0, 0.05) is 24.5 Å². The van der Waals surface area contributed by atoms with Gasteiger partial charge in [-0.2, -0.15) is 5.10 Å². The molecule has 0 aliphatic heterocycles. The second-order valence-electron chi connectivity index (χ2n) is 3.65. The van der Waals surface area contributed by atoms with Crippen molar-refractivity contribution in [2.24, 2.45) is 5.10 Å². The number of thiocarbonyl (C=S) groups is 1. The molecule has 4 nitrogen and oxygen atoms in total. The third kappa shape index (κ3) is 5.40. The standard InChI is InChI=1S/C12H18N4S/c1-3-4-7-14-12(17)16-15-10(2)11-5-8-13-9-6-11/h5-6,8-9H,3-4,7H2,1-2H3,(H2,14,16,17). The summed E-state index contributed by atoms with van der Waals surface area (Å²) in [6, 6.07) is 3.82. The van der Waals surface area contributed by atoms with E-state index < -0.39 is 0 Å². The third-order valence-electron chi connectivity index (χ3n) is 2.24. The summed E-state index contributed by atoms with van der Waals surface area (Å²) >= 11 is 5.09. The van der Waals surface area contributed by atoms with Crippen LogP contribution in [0.5, 0.6) is 0 Å². The maximum Gasteiger partial charge on any atom is 0.186 e. The highest BCUT2D eigenvalue weighted by Gasteiger charge is 1.96. The molecule has 0 amide bonds. The summed E-state index contributed by atoms with van der Waals surface area (Å²) in [4.78, 5) is 3.96. The normalized spacial score (nSPS) is 11.1. The lowest BCUT2D eigenvalue weighted by Gasteiger charge is -2.07. The molecule has 0 atom stereocenters. The van der Waals surface area contributed by atoms with Gasteiger partial charge in [-0.3, -0.25) is 10.4 Å². The van der Waals surface area contributed by atoms with Crippen LogP contribution in [0.4, 0.5) is 0 Å². The van der Waals surface area contributed by atoms with Crippen LogP contribution in [0.25, 0.3) is 0 Å². The maximum absolute atomic E-state index is 5.09. The van der Waals surface area contributed by atoms with Crippen molar-refractivity contribution >= 4 is 23.0 Å². The number of hydrogen-bond acceptors (Lipinski definition) is 3. The first kappa shape index (κ1) is 13.6. The van der Waals surface area contributed by atoms with E-state index in [4.69, 9.17) is 12.2 Å². The number of unbranched alkanes of at least 4 members (excludes halogenated alkanes) is 1. The summed E-state index contributed by atoms with van der Waals surface area (Å²) in [5.41, 5.74) is 4.74. The molecule has 0 aromatic carbocycles. The van der Waals surface area contributed by atoms with Crippen molar-refractivity contribution in [3.8, 4) is 0 Å². The Labute approximate surface area is 108 Å². The summed E-state index contributed by atoms with van der Waals surface area (Å²) in [6.45, 7) is 4.95. The van der Waals surface area contributed by atoms with E-state index in [1.54, 1.807) is 12.4 Å². The smallest absolute Gasteiger partial charge is 0.186 e. The zero-order valence-electron chi connectivity index (χ0n) is 10.2. The molecule has 0 unspecified atom stereocenters. The van der Waals surface area contributed by atoms with Crippen LogP contribution >= 0.6 is 12.2 Å². The molecule has 0 saturated carbocycles. The molecule has 0 spiro atoms. The zero-order chi connectivity index (χ0) is 12.5. The van der Waals surface area contributed by atoms with Crippen molar-refractivity contribution in [3.05, 3.63) is 30.1 Å². The number of nitrogens with zero attached hydrogens (tertiary/aromatic N) is 2. The van der Waals surface area contributed by atoms with E-state index in [1.165, 1.54) is 0 Å². The van der Waals surface area contributed by atoms with Gasteiger partial charge < -0.3 is 5.32 Å². The van der Waals surface area contributed by atoms with E-state index in [0.717, 1.165) is 30.7 Å². The molecule has 1 aromatic heterocycles. The van der Waals surface area contributed by atoms with Crippen LogP contribution in [0, 0.1) is 0 Å². The number of pyridine rings is 1. The van der Waals surface area contributed by atoms with Gasteiger partial charge in [-0.25, -0.2) is 0 Å². The molecule has 0 aliphatic carbocycles. The van der Waals surface area contributed by atoms with Crippen molar-refractivity contribution < 1.29 is 0 Å². The molecule has 5 heteroatoms. The van der Waals surface area contributed by atoms with Crippen LogP contribution in [-0.2, 0) is 0 Å². The lowest BCUT2D eigenvalue weighted by Crippen LogP contribution is -2.33. The van der Waals surface area contributed by atoms with Gasteiger partial charge in [0.2, 0.25) is 0 Å². The molecule has 92 valence electrons. The fraction of sp³-hybridized carbons (Fsp3) is 0.417. The van der Waals surface area contributed by atoms with E-state index in [1.807, 2.05) is 19.1 Å². The van der Waals surface area contributed by atoms with E-state index in [2.05, 4.69) is 27.8 Å². The first-order valence-electron chi connectivity index (χ1n) is 5.72. The van der Waals surface area contributed by atoms with Crippen LogP contribution in [0.1, 0.15) is 32.3 Å². The SMILES string of the molecule is CCCCNC(=S)NN=C(C)c1ccncc1. The topological polar surface area (TPSA) is 49.3 Å². The summed E-state index contributed by atoms with van der Waals surface area (Å²) in [5.74, 6) is 0. The minimum Gasteiger partial charge on any atom is -0.361 e. The Morgan fingerprint density at radius 2 is 2.12 bits per heavy atom. The second kappa shape index (κ2) is 7.73. The van der Waals surface area contributed by atoms with Crippen molar-refractivity contribution in [2.75, 3.05) is 6.54 Å². The van der Waals surface area contributed by atoms with Crippen molar-refractivity contribution in [1.82, 2.24) is 15.7 Å². The first-order chi connectivity index (χ1) is 8.24. The average molecular weight is 250 g/mol. The number of hydrazone groups is 1. The quantitative estimate of drug-likeness (QED) is 0.363. The molecule has 1 aromatic rings. The fourth-order valence-electron chi connectivity index (χ4n) is 1.21. The average Bonchev–Trinajstić information content (AvgIpc) is 2.37. The van der Waals surface area contributed by atoms with Gasteiger partial charge in [0.1, 0.15) is 0 Å². The largest absolute Gasteiger partial charge is 0.361 e. The van der Waals surface area contributed by atoms with Gasteiger partial charge in [-0.1, -0.05) is 13.3 Å². The van der Waals surface area contributed by atoms with Gasteiger partial charge in [-0.05, 0) is 37.7 Å². The zero-order valence-corrected chi connectivity index (χ0v) is 11.0. The monoisotopic (exact) mass is 250 g/mol. The number of nitrogens with one attached hydrogen (secondary N) is 2. The molecular formula is C12H18N4S. The minimum atomic E-state index is 0.562. The van der Waals surface area contributed by atoms with E-state index >= 15 is 0 Å². The number of rotatable bonds is 5. The Bertz CT molecular complexity index is 375. The Balaban J connectivity index is 2.40. The minimum absolute atomic E-state index is 0.562. The molecule has 0 fully saturated rings. The Morgan fingerprint density at radius 1 is 1.41 bits per heavy atom. The molecule has 17 heavy (non-hydrogen) atoms. The molecule has 1 rings (SSSR count). The fourth-order valence-corrected chi connectivity index (χ4v) is 1.36. The molecule has 2 N–H and O–H groups in total. The van der Waals surface area contributed by atoms with Crippen molar-refractivity contribution in [3.63, 3.8) is 0 Å². The molecule has 0 radical (unpaired) electrons. The Morgan fingerprint density at radius 3 is 2.76 bits per heavy atom. The van der Waals surface area contributed by atoms with E-state index in [-0.39, 0.29) is 0 Å². The first-order valence-corrected chi connectivity index (χ1v) is 6.13. The van der Waals surface area contributed by atoms with Gasteiger partial charge in [-0.15, -0.1) is 0 Å². The molecule has 0 bridgehead atoms. The van der Waals surface area contributed by atoms with Crippen molar-refractivity contribution in [2.45, 2.75) is 26.7 Å². The van der Waals surface area contributed by atoms with Crippen LogP contribution in [0.15, 0.2) is 29.6 Å². The highest BCUT2D eigenvalue weighted by Crippen LogP contribution is 1.97. The van der Waals surface area contributed by atoms with E-state index in [0.29, 0.717) is 5.11 Å². The van der Waals surface area contributed by atoms with Gasteiger partial charge >= 0.3 is 0 Å². The lowest BCUT2D eigenvalue weighted by molar-refractivity contribution is 0.745. The third-order valence-corrected chi connectivity index (χ3v) is 2.47. The van der Waals surface area contributed by atoms with E-state index in [9.17, 15) is 0 Å². The summed E-state index contributed by atoms with van der Waals surface area (Å²) in [6.07, 6.45) is 5.74. The van der Waals surface area contributed by atoms with Crippen LogP contribution in [0.2, 0.25) is 0 Å². The lowest BCUT2D eigenvalue weighted by atomic mass is 10.2. The molecular weight excluding hydrogens is 232 g/mol. The predicted molar refractivity (Wildman–Crippen MR) is 75.1 cm³/mol. The number of hydrogen-bond donors (Lipinski definition) is 2. The van der Waals surface area contributed by atoms with Gasteiger partial charge in [0.05, 0.1) is 5.71 Å². The summed E-state index contributed by atoms with van der Waals surface area (Å²) < 4.78 is 0. The highest BCUT2D eigenvalue weighted by atomic mass is 32.1. The van der Waals surface area contributed by atoms with Crippen LogP contribution in [-0.4, -0.2) is 22.4 Å². The molecule has 0 saturated heterocycles. The predicted octanol–water partition coefficient (Wildman–Crippen LogP) is 2.07. The molecule has 1 heterocycles. The number of aromatic nitrogens is 1. The second-order valence-corrected chi connectivity index (χ2v) is 4.06.